The Kier molecular flexibility index (Phi) is 1.99. The van der Waals surface area contributed by atoms with Crippen molar-refractivity contribution in [2.45, 2.75) is 31.4 Å². The minimum Gasteiger partial charge on any atom is -0.385 e. The fourth-order valence-corrected chi connectivity index (χ4v) is 2.17. The summed E-state index contributed by atoms with van der Waals surface area (Å²) in [5.74, 6) is 0.445. The Morgan fingerprint density at radius 1 is 1.71 bits per heavy atom. The quantitative estimate of drug-likeness (QED) is 0.694. The maximum atomic E-state index is 11.3. The second-order valence-electron chi connectivity index (χ2n) is 3.86. The SMILES string of the molecule is CCOC1CC2(C1)C(N)=NC(=O)N2C. The molecule has 0 radical (unpaired) electrons. The van der Waals surface area contributed by atoms with Gasteiger partial charge in [0.25, 0.3) is 0 Å². The summed E-state index contributed by atoms with van der Waals surface area (Å²) in [5.41, 5.74) is 5.41. The highest BCUT2D eigenvalue weighted by molar-refractivity contribution is 6.06. The van der Waals surface area contributed by atoms with Crippen LogP contribution in [0.25, 0.3) is 0 Å². The summed E-state index contributed by atoms with van der Waals surface area (Å²) in [5, 5.41) is 0. The van der Waals surface area contributed by atoms with Crippen LogP contribution in [0.2, 0.25) is 0 Å². The molecule has 0 aromatic heterocycles. The van der Waals surface area contributed by atoms with Crippen molar-refractivity contribution in [2.24, 2.45) is 10.7 Å². The molecular weight excluding hydrogens is 182 g/mol. The summed E-state index contributed by atoms with van der Waals surface area (Å²) in [6.45, 7) is 2.67. The van der Waals surface area contributed by atoms with Gasteiger partial charge in [-0.2, -0.15) is 4.99 Å². The molecule has 0 bridgehead atoms. The average Bonchev–Trinajstić information content (AvgIpc) is 2.28. The van der Waals surface area contributed by atoms with Gasteiger partial charge in [0, 0.05) is 26.5 Å². The Labute approximate surface area is 82.9 Å². The van der Waals surface area contributed by atoms with Gasteiger partial charge in [-0.3, -0.25) is 0 Å². The van der Waals surface area contributed by atoms with Gasteiger partial charge in [-0.15, -0.1) is 0 Å². The molecule has 5 heteroatoms. The minimum atomic E-state index is -0.336. The van der Waals surface area contributed by atoms with Gasteiger partial charge in [0.15, 0.2) is 0 Å². The average molecular weight is 197 g/mol. The first kappa shape index (κ1) is 9.45. The van der Waals surface area contributed by atoms with Crippen LogP contribution in [0, 0.1) is 0 Å². The lowest BCUT2D eigenvalue weighted by molar-refractivity contribution is -0.0497. The zero-order valence-corrected chi connectivity index (χ0v) is 8.49. The van der Waals surface area contributed by atoms with Gasteiger partial charge in [0.2, 0.25) is 0 Å². The van der Waals surface area contributed by atoms with E-state index in [0.29, 0.717) is 12.4 Å². The Hall–Kier alpha value is -1.10. The van der Waals surface area contributed by atoms with E-state index in [9.17, 15) is 4.79 Å². The van der Waals surface area contributed by atoms with Crippen molar-refractivity contribution >= 4 is 11.9 Å². The Balaban J connectivity index is 2.07. The highest BCUT2D eigenvalue weighted by Gasteiger charge is 2.55. The molecule has 2 aliphatic rings. The van der Waals surface area contributed by atoms with Crippen LogP contribution in [-0.2, 0) is 4.74 Å². The Bertz CT molecular complexity index is 294. The number of amides is 2. The summed E-state index contributed by atoms with van der Waals surface area (Å²) in [6.07, 6.45) is 1.78. The van der Waals surface area contributed by atoms with Gasteiger partial charge in [-0.1, -0.05) is 0 Å². The maximum Gasteiger partial charge on any atom is 0.345 e. The van der Waals surface area contributed by atoms with E-state index in [-0.39, 0.29) is 17.7 Å². The highest BCUT2D eigenvalue weighted by atomic mass is 16.5. The molecule has 0 aromatic carbocycles. The molecule has 2 N–H and O–H groups in total. The molecule has 1 spiro atoms. The molecule has 0 atom stereocenters. The molecule has 0 saturated heterocycles. The lowest BCUT2D eigenvalue weighted by atomic mass is 9.73. The van der Waals surface area contributed by atoms with E-state index in [0.717, 1.165) is 12.8 Å². The third-order valence-corrected chi connectivity index (χ3v) is 3.15. The van der Waals surface area contributed by atoms with Gasteiger partial charge < -0.3 is 15.4 Å². The smallest absolute Gasteiger partial charge is 0.345 e. The molecule has 2 rings (SSSR count). The summed E-state index contributed by atoms with van der Waals surface area (Å²) >= 11 is 0. The summed E-state index contributed by atoms with van der Waals surface area (Å²) in [4.78, 5) is 16.7. The van der Waals surface area contributed by atoms with Crippen molar-refractivity contribution in [1.29, 1.82) is 0 Å². The number of likely N-dealkylation sites (N-methyl/N-ethyl adjacent to an activating group) is 1. The maximum absolute atomic E-state index is 11.3. The largest absolute Gasteiger partial charge is 0.385 e. The van der Waals surface area contributed by atoms with Crippen LogP contribution in [0.3, 0.4) is 0 Å². The first-order valence-electron chi connectivity index (χ1n) is 4.84. The van der Waals surface area contributed by atoms with Crippen molar-refractivity contribution < 1.29 is 9.53 Å². The van der Waals surface area contributed by atoms with Gasteiger partial charge in [-0.05, 0) is 6.92 Å². The first-order valence-corrected chi connectivity index (χ1v) is 4.84. The van der Waals surface area contributed by atoms with E-state index in [1.54, 1.807) is 11.9 Å². The molecule has 5 nitrogen and oxygen atoms in total. The van der Waals surface area contributed by atoms with Crippen LogP contribution in [0.1, 0.15) is 19.8 Å². The van der Waals surface area contributed by atoms with Crippen LogP contribution in [-0.4, -0.2) is 42.1 Å². The Morgan fingerprint density at radius 2 is 2.36 bits per heavy atom. The molecule has 0 aromatic rings. The molecule has 78 valence electrons. The zero-order valence-electron chi connectivity index (χ0n) is 8.49. The second kappa shape index (κ2) is 2.95. The summed E-state index contributed by atoms with van der Waals surface area (Å²) < 4.78 is 5.45. The van der Waals surface area contributed by atoms with E-state index >= 15 is 0 Å². The van der Waals surface area contributed by atoms with Crippen molar-refractivity contribution in [3.05, 3.63) is 0 Å². The van der Waals surface area contributed by atoms with E-state index in [1.165, 1.54) is 0 Å². The molecule has 1 fully saturated rings. The van der Waals surface area contributed by atoms with Crippen molar-refractivity contribution in [1.82, 2.24) is 4.90 Å². The normalized spacial score (nSPS) is 36.1. The zero-order chi connectivity index (χ0) is 10.3. The Morgan fingerprint density at radius 3 is 2.79 bits per heavy atom. The number of aliphatic imine (C=N–C) groups is 1. The molecule has 14 heavy (non-hydrogen) atoms. The third-order valence-electron chi connectivity index (χ3n) is 3.15. The standard InChI is InChI=1S/C9H15N3O2/c1-3-14-6-4-9(5-6)7(10)11-8(13)12(9)2/h6H,3-5H2,1-2H3,(H2,10,11,13). The molecular formula is C9H15N3O2. The summed E-state index contributed by atoms with van der Waals surface area (Å²) in [6, 6.07) is -0.238. The highest BCUT2D eigenvalue weighted by Crippen LogP contribution is 2.42. The number of carbonyl (C=O) groups excluding carboxylic acids is 1. The van der Waals surface area contributed by atoms with Crippen LogP contribution in [0.5, 0.6) is 0 Å². The molecule has 0 unspecified atom stereocenters. The topological polar surface area (TPSA) is 67.9 Å². The number of nitrogens with zero attached hydrogens (tertiary/aromatic N) is 2. The number of urea groups is 1. The van der Waals surface area contributed by atoms with Crippen LogP contribution >= 0.6 is 0 Å². The molecule has 2 amide bonds. The third kappa shape index (κ3) is 1.05. The number of hydrogen-bond donors (Lipinski definition) is 1. The number of hydrogen-bond acceptors (Lipinski definition) is 3. The monoisotopic (exact) mass is 197 g/mol. The lowest BCUT2D eigenvalue weighted by Gasteiger charge is -2.48. The van der Waals surface area contributed by atoms with E-state index in [1.807, 2.05) is 6.92 Å². The predicted molar refractivity (Wildman–Crippen MR) is 52.2 cm³/mol. The minimum absolute atomic E-state index is 0.224. The fourth-order valence-electron chi connectivity index (χ4n) is 2.17. The number of carbonyl (C=O) groups is 1. The lowest BCUT2D eigenvalue weighted by Crippen LogP contribution is -2.63. The molecule has 1 saturated carbocycles. The van der Waals surface area contributed by atoms with Gasteiger partial charge >= 0.3 is 6.03 Å². The van der Waals surface area contributed by atoms with Crippen LogP contribution < -0.4 is 5.73 Å². The van der Waals surface area contributed by atoms with E-state index < -0.39 is 0 Å². The number of rotatable bonds is 2. The van der Waals surface area contributed by atoms with Gasteiger partial charge in [0.05, 0.1) is 6.10 Å². The number of nitrogens with two attached hydrogens (primary N) is 1. The predicted octanol–water partition coefficient (Wildman–Crippen LogP) is 0.347. The molecule has 1 aliphatic heterocycles. The second-order valence-corrected chi connectivity index (χ2v) is 3.86. The van der Waals surface area contributed by atoms with Crippen molar-refractivity contribution in [2.75, 3.05) is 13.7 Å². The number of amidine groups is 1. The number of ether oxygens (including phenoxy) is 1. The first-order chi connectivity index (χ1) is 6.60. The fraction of sp³-hybridized carbons (Fsp3) is 0.778. The van der Waals surface area contributed by atoms with E-state index in [2.05, 4.69) is 4.99 Å². The van der Waals surface area contributed by atoms with E-state index in [4.69, 9.17) is 10.5 Å². The van der Waals surface area contributed by atoms with Crippen LogP contribution in [0.4, 0.5) is 4.79 Å². The van der Waals surface area contributed by atoms with Crippen molar-refractivity contribution in [3.8, 4) is 0 Å². The van der Waals surface area contributed by atoms with Crippen LogP contribution in [0.15, 0.2) is 4.99 Å². The van der Waals surface area contributed by atoms with Gasteiger partial charge in [-0.25, -0.2) is 4.79 Å². The summed E-state index contributed by atoms with van der Waals surface area (Å²) in [7, 11) is 1.74. The molecule has 1 heterocycles. The van der Waals surface area contributed by atoms with Crippen molar-refractivity contribution in [3.63, 3.8) is 0 Å². The molecule has 1 aliphatic carbocycles. The van der Waals surface area contributed by atoms with Gasteiger partial charge in [0.1, 0.15) is 11.4 Å².